The van der Waals surface area contributed by atoms with Crippen molar-refractivity contribution >= 4 is 27.6 Å². The van der Waals surface area contributed by atoms with Gasteiger partial charge in [0.25, 0.3) is 0 Å². The predicted molar refractivity (Wildman–Crippen MR) is 106 cm³/mol. The second-order valence-corrected chi connectivity index (χ2v) is 9.65. The summed E-state index contributed by atoms with van der Waals surface area (Å²) in [4.78, 5) is 12.2. The molecule has 0 amide bonds. The summed E-state index contributed by atoms with van der Waals surface area (Å²) in [6.45, 7) is 6.11. The molecule has 1 rings (SSSR count). The van der Waals surface area contributed by atoms with Crippen LogP contribution >= 0.6 is 0 Å². The van der Waals surface area contributed by atoms with Crippen LogP contribution in [0, 0.1) is 6.92 Å². The van der Waals surface area contributed by atoms with Crippen LogP contribution in [0.4, 0.5) is 0 Å². The zero-order valence-electron chi connectivity index (χ0n) is 15.5. The first kappa shape index (κ1) is 22.0. The van der Waals surface area contributed by atoms with Gasteiger partial charge in [0.1, 0.15) is 6.61 Å². The fourth-order valence-electron chi connectivity index (χ4n) is 2.19. The maximum absolute atomic E-state index is 12.5. The van der Waals surface area contributed by atoms with Crippen molar-refractivity contribution < 1.29 is 17.9 Å². The molecule has 0 aromatic heterocycles. The van der Waals surface area contributed by atoms with Crippen molar-refractivity contribution in [3.63, 3.8) is 0 Å². The molecule has 142 valence electrons. The molecule has 6 heteroatoms. The summed E-state index contributed by atoms with van der Waals surface area (Å²) in [7, 11) is -2.15. The van der Waals surface area contributed by atoms with Gasteiger partial charge in [-0.15, -0.1) is 0 Å². The molecule has 0 saturated carbocycles. The second-order valence-electron chi connectivity index (χ2n) is 6.19. The summed E-state index contributed by atoms with van der Waals surface area (Å²) in [5.74, 6) is 1.09. The molecule has 0 spiro atoms. The molecule has 0 aliphatic carbocycles. The van der Waals surface area contributed by atoms with E-state index in [9.17, 15) is 13.2 Å². The number of hydrogen-bond donors (Lipinski definition) is 0. The molecular weight excluding hydrogens is 356 g/mol. The van der Waals surface area contributed by atoms with Crippen LogP contribution in [0.3, 0.4) is 0 Å². The number of esters is 1. The van der Waals surface area contributed by atoms with Crippen molar-refractivity contribution in [1.82, 2.24) is 0 Å². The summed E-state index contributed by atoms with van der Waals surface area (Å²) < 4.78 is 30.0. The Morgan fingerprint density at radius 1 is 1.04 bits per heavy atom. The minimum absolute atomic E-state index is 0.0564. The fraction of sp³-hybridized carbons (Fsp3) is 0.632. The molecular formula is C19H30O4S2. The van der Waals surface area contributed by atoms with Crippen molar-refractivity contribution in [3.8, 4) is 0 Å². The molecule has 0 unspecified atom stereocenters. The molecule has 0 N–H and O–H groups in total. The van der Waals surface area contributed by atoms with E-state index in [2.05, 4.69) is 6.92 Å². The maximum atomic E-state index is 12.5. The Hall–Kier alpha value is -1.01. The highest BCUT2D eigenvalue weighted by atomic mass is 32.2. The third-order valence-corrected chi connectivity index (χ3v) is 7.32. The summed E-state index contributed by atoms with van der Waals surface area (Å²) in [6, 6.07) is 7.15. The van der Waals surface area contributed by atoms with Crippen molar-refractivity contribution in [2.24, 2.45) is 0 Å². The van der Waals surface area contributed by atoms with E-state index in [-0.39, 0.29) is 11.9 Å². The molecule has 0 bridgehead atoms. The maximum Gasteiger partial charge on any atom is 0.338 e. The van der Waals surface area contributed by atoms with Crippen molar-refractivity contribution in [1.29, 1.82) is 0 Å². The largest absolute Gasteiger partial charge is 0.461 e. The Labute approximate surface area is 156 Å². The lowest BCUT2D eigenvalue weighted by atomic mass is 10.1. The summed E-state index contributed by atoms with van der Waals surface area (Å²) in [5, 5.41) is -0.362. The van der Waals surface area contributed by atoms with Crippen LogP contribution in [0.25, 0.3) is 0 Å². The summed E-state index contributed by atoms with van der Waals surface area (Å²) >= 11 is 0. The van der Waals surface area contributed by atoms with Gasteiger partial charge in [0, 0.05) is 38.9 Å². The van der Waals surface area contributed by atoms with Crippen LogP contribution in [0.1, 0.15) is 55.5 Å². The van der Waals surface area contributed by atoms with Crippen molar-refractivity contribution in [3.05, 3.63) is 35.4 Å². The quantitative estimate of drug-likeness (QED) is 0.515. The highest BCUT2D eigenvalue weighted by Crippen LogP contribution is 2.09. The minimum atomic E-state index is -1.13. The van der Waals surface area contributed by atoms with E-state index in [1.54, 1.807) is 12.1 Å². The van der Waals surface area contributed by atoms with Crippen molar-refractivity contribution in [2.45, 2.75) is 51.7 Å². The number of rotatable bonds is 12. The van der Waals surface area contributed by atoms with Gasteiger partial charge < -0.3 is 4.74 Å². The van der Waals surface area contributed by atoms with Crippen LogP contribution in [0.2, 0.25) is 0 Å². The molecule has 4 nitrogen and oxygen atoms in total. The van der Waals surface area contributed by atoms with Crippen LogP contribution in [0.5, 0.6) is 0 Å². The van der Waals surface area contributed by atoms with Gasteiger partial charge in [-0.25, -0.2) is 4.79 Å². The number of carbonyl (C=O) groups is 1. The Morgan fingerprint density at radius 3 is 2.24 bits per heavy atom. The van der Waals surface area contributed by atoms with E-state index < -0.39 is 27.6 Å². The zero-order chi connectivity index (χ0) is 18.7. The highest BCUT2D eigenvalue weighted by molar-refractivity contribution is 7.89. The standard InChI is InChI=1S/C19H30O4S2/c1-4-6-12-24(21)15-18(25(22)13-7-5-2)14-23-19(20)17-10-8-16(3)9-11-17/h8-11,18H,4-7,12-15H2,1-3H3/t18-,24+,25+/m1/s1. The Bertz CT molecular complexity index is 569. The first-order valence-corrected chi connectivity index (χ1v) is 11.8. The van der Waals surface area contributed by atoms with E-state index in [1.807, 2.05) is 26.0 Å². The van der Waals surface area contributed by atoms with E-state index in [4.69, 9.17) is 4.74 Å². The topological polar surface area (TPSA) is 60.4 Å². The van der Waals surface area contributed by atoms with Gasteiger partial charge in [-0.1, -0.05) is 44.4 Å². The Morgan fingerprint density at radius 2 is 1.64 bits per heavy atom. The van der Waals surface area contributed by atoms with Gasteiger partial charge in [-0.3, -0.25) is 8.42 Å². The highest BCUT2D eigenvalue weighted by Gasteiger charge is 2.22. The molecule has 1 aromatic rings. The third kappa shape index (κ3) is 8.77. The van der Waals surface area contributed by atoms with Crippen LogP contribution in [-0.2, 0) is 26.3 Å². The average Bonchev–Trinajstić information content (AvgIpc) is 2.61. The smallest absolute Gasteiger partial charge is 0.338 e. The number of benzene rings is 1. The van der Waals surface area contributed by atoms with Gasteiger partial charge in [0.2, 0.25) is 0 Å². The molecule has 3 atom stereocenters. The molecule has 0 aliphatic heterocycles. The minimum Gasteiger partial charge on any atom is -0.461 e. The van der Waals surface area contributed by atoms with Gasteiger partial charge in [0.05, 0.1) is 10.8 Å². The lowest BCUT2D eigenvalue weighted by Gasteiger charge is -2.16. The van der Waals surface area contributed by atoms with Gasteiger partial charge >= 0.3 is 5.97 Å². The van der Waals surface area contributed by atoms with Crippen LogP contribution in [-0.4, -0.2) is 43.5 Å². The van der Waals surface area contributed by atoms with Crippen LogP contribution in [0.15, 0.2) is 24.3 Å². The fourth-order valence-corrected chi connectivity index (χ4v) is 5.67. The molecule has 1 aromatic carbocycles. The van der Waals surface area contributed by atoms with E-state index in [0.717, 1.165) is 31.2 Å². The summed E-state index contributed by atoms with van der Waals surface area (Å²) in [5.41, 5.74) is 1.55. The first-order chi connectivity index (χ1) is 12.0. The predicted octanol–water partition coefficient (Wildman–Crippen LogP) is 3.62. The van der Waals surface area contributed by atoms with E-state index in [0.29, 0.717) is 22.8 Å². The molecule has 0 fully saturated rings. The lowest BCUT2D eigenvalue weighted by molar-refractivity contribution is 0.0510. The summed E-state index contributed by atoms with van der Waals surface area (Å²) in [6.07, 6.45) is 3.69. The number of ether oxygens (including phenoxy) is 1. The number of unbranched alkanes of at least 4 members (excludes halogenated alkanes) is 2. The van der Waals surface area contributed by atoms with Gasteiger partial charge in [-0.05, 0) is 31.9 Å². The van der Waals surface area contributed by atoms with Crippen molar-refractivity contribution in [2.75, 3.05) is 23.9 Å². The number of hydrogen-bond acceptors (Lipinski definition) is 4. The molecule has 25 heavy (non-hydrogen) atoms. The lowest BCUT2D eigenvalue weighted by Crippen LogP contribution is -2.31. The number of aryl methyl sites for hydroxylation is 1. The third-order valence-electron chi connectivity index (χ3n) is 3.86. The Balaban J connectivity index is 2.64. The SMILES string of the molecule is CCCC[S@](=O)C[C@@H](COC(=O)c1ccc(C)cc1)[S@@](=O)CCCC. The molecule has 0 saturated heterocycles. The van der Waals surface area contributed by atoms with Gasteiger partial charge in [0.15, 0.2) is 0 Å². The van der Waals surface area contributed by atoms with Crippen LogP contribution < -0.4 is 0 Å². The average molecular weight is 387 g/mol. The molecule has 0 aliphatic rings. The second kappa shape index (κ2) is 12.4. The molecule has 0 heterocycles. The number of carbonyl (C=O) groups excluding carboxylic acids is 1. The van der Waals surface area contributed by atoms with E-state index >= 15 is 0 Å². The zero-order valence-corrected chi connectivity index (χ0v) is 17.1. The van der Waals surface area contributed by atoms with E-state index in [1.165, 1.54) is 0 Å². The monoisotopic (exact) mass is 386 g/mol. The Kier molecular flexibility index (Phi) is 10.9. The first-order valence-electron chi connectivity index (χ1n) is 8.93. The normalized spacial score (nSPS) is 14.7. The van der Waals surface area contributed by atoms with Gasteiger partial charge in [-0.2, -0.15) is 0 Å². The molecule has 0 radical (unpaired) electrons.